The normalized spacial score (nSPS) is 11.0. The van der Waals surface area contributed by atoms with Crippen LogP contribution in [0.5, 0.6) is 5.75 Å². The van der Waals surface area contributed by atoms with Crippen LogP contribution >= 0.6 is 0 Å². The highest BCUT2D eigenvalue weighted by atomic mass is 16.5. The molecule has 124 valence electrons. The molecule has 2 aromatic heterocycles. The van der Waals surface area contributed by atoms with E-state index in [1.165, 1.54) is 5.56 Å². The zero-order valence-electron chi connectivity index (χ0n) is 13.8. The molecule has 0 unspecified atom stereocenters. The number of rotatable bonds is 6. The number of hydrogen-bond donors (Lipinski definition) is 1. The number of pyridine rings is 1. The molecular formula is C18H20N4O2. The standard InChI is InChI=1S/C18H20N4O2/c1-13(2)14-6-8-15(9-7-14)24-12-18(23)19-11-17-21-20-16-5-3-4-10-22(16)17/h3-10,13H,11-12H2,1-2H3,(H,19,23). The molecule has 1 N–H and O–H groups in total. The Kier molecular flexibility index (Phi) is 4.74. The van der Waals surface area contributed by atoms with Gasteiger partial charge in [-0.1, -0.05) is 32.0 Å². The van der Waals surface area contributed by atoms with E-state index in [1.54, 1.807) is 0 Å². The van der Waals surface area contributed by atoms with Crippen molar-refractivity contribution in [2.45, 2.75) is 26.3 Å². The summed E-state index contributed by atoms with van der Waals surface area (Å²) in [5.41, 5.74) is 1.99. The summed E-state index contributed by atoms with van der Waals surface area (Å²) in [6.07, 6.45) is 1.86. The molecule has 1 aromatic carbocycles. The van der Waals surface area contributed by atoms with Crippen molar-refractivity contribution in [2.75, 3.05) is 6.61 Å². The number of aromatic nitrogens is 3. The van der Waals surface area contributed by atoms with E-state index in [9.17, 15) is 4.79 Å². The molecule has 3 aromatic rings. The molecule has 2 heterocycles. The number of nitrogens with one attached hydrogen (secondary N) is 1. The molecule has 0 bridgehead atoms. The summed E-state index contributed by atoms with van der Waals surface area (Å²) < 4.78 is 7.34. The van der Waals surface area contributed by atoms with Gasteiger partial charge in [-0.3, -0.25) is 9.20 Å². The zero-order valence-corrected chi connectivity index (χ0v) is 13.8. The second kappa shape index (κ2) is 7.12. The molecule has 0 fully saturated rings. The number of carbonyl (C=O) groups is 1. The molecule has 0 aliphatic heterocycles. The van der Waals surface area contributed by atoms with Crippen LogP contribution in [0.15, 0.2) is 48.7 Å². The molecule has 6 heteroatoms. The third-order valence-corrected chi connectivity index (χ3v) is 3.74. The van der Waals surface area contributed by atoms with Crippen LogP contribution in [0.1, 0.15) is 31.2 Å². The number of fused-ring (bicyclic) bond motifs is 1. The number of hydrogen-bond acceptors (Lipinski definition) is 4. The minimum atomic E-state index is -0.199. The number of amides is 1. The monoisotopic (exact) mass is 324 g/mol. The quantitative estimate of drug-likeness (QED) is 0.756. The van der Waals surface area contributed by atoms with Gasteiger partial charge in [0.1, 0.15) is 5.75 Å². The van der Waals surface area contributed by atoms with Crippen LogP contribution in [-0.2, 0) is 11.3 Å². The lowest BCUT2D eigenvalue weighted by molar-refractivity contribution is -0.123. The smallest absolute Gasteiger partial charge is 0.258 e. The number of ether oxygens (including phenoxy) is 1. The van der Waals surface area contributed by atoms with Crippen molar-refractivity contribution in [3.8, 4) is 5.75 Å². The second-order valence-corrected chi connectivity index (χ2v) is 5.83. The van der Waals surface area contributed by atoms with Crippen LogP contribution in [-0.4, -0.2) is 27.1 Å². The molecule has 0 saturated carbocycles. The summed E-state index contributed by atoms with van der Waals surface area (Å²) in [5, 5.41) is 10.9. The fourth-order valence-electron chi connectivity index (χ4n) is 2.34. The number of carbonyl (C=O) groups excluding carboxylic acids is 1. The van der Waals surface area contributed by atoms with E-state index < -0.39 is 0 Å². The first kappa shape index (κ1) is 16.0. The first-order chi connectivity index (χ1) is 11.6. The Hall–Kier alpha value is -2.89. The first-order valence-corrected chi connectivity index (χ1v) is 7.91. The molecular weight excluding hydrogens is 304 g/mol. The molecule has 3 rings (SSSR count). The largest absolute Gasteiger partial charge is 0.484 e. The van der Waals surface area contributed by atoms with Gasteiger partial charge in [0.2, 0.25) is 0 Å². The fourth-order valence-corrected chi connectivity index (χ4v) is 2.34. The van der Waals surface area contributed by atoms with Crippen molar-refractivity contribution in [1.82, 2.24) is 19.9 Å². The Morgan fingerprint density at radius 2 is 1.96 bits per heavy atom. The van der Waals surface area contributed by atoms with Crippen LogP contribution < -0.4 is 10.1 Å². The zero-order chi connectivity index (χ0) is 16.9. The van der Waals surface area contributed by atoms with Crippen molar-refractivity contribution in [1.29, 1.82) is 0 Å². The molecule has 0 aliphatic carbocycles. The maximum absolute atomic E-state index is 11.9. The van der Waals surface area contributed by atoms with Gasteiger partial charge in [0, 0.05) is 6.20 Å². The van der Waals surface area contributed by atoms with E-state index in [-0.39, 0.29) is 12.5 Å². The van der Waals surface area contributed by atoms with Crippen molar-refractivity contribution in [3.63, 3.8) is 0 Å². The van der Waals surface area contributed by atoms with E-state index in [2.05, 4.69) is 29.4 Å². The van der Waals surface area contributed by atoms with E-state index in [0.29, 0.717) is 24.0 Å². The molecule has 0 spiro atoms. The van der Waals surface area contributed by atoms with E-state index in [4.69, 9.17) is 4.74 Å². The van der Waals surface area contributed by atoms with Gasteiger partial charge in [0.15, 0.2) is 18.1 Å². The highest BCUT2D eigenvalue weighted by Crippen LogP contribution is 2.18. The molecule has 0 aliphatic rings. The lowest BCUT2D eigenvalue weighted by Gasteiger charge is -2.09. The maximum atomic E-state index is 11.9. The molecule has 1 amide bonds. The summed E-state index contributed by atoms with van der Waals surface area (Å²) in [7, 11) is 0. The highest BCUT2D eigenvalue weighted by molar-refractivity contribution is 5.77. The summed E-state index contributed by atoms with van der Waals surface area (Å²) in [5.74, 6) is 1.64. The first-order valence-electron chi connectivity index (χ1n) is 7.91. The van der Waals surface area contributed by atoms with Crippen LogP contribution in [0.2, 0.25) is 0 Å². The van der Waals surface area contributed by atoms with Gasteiger partial charge in [0.25, 0.3) is 5.91 Å². The lowest BCUT2D eigenvalue weighted by atomic mass is 10.0. The van der Waals surface area contributed by atoms with Crippen molar-refractivity contribution in [2.24, 2.45) is 0 Å². The van der Waals surface area contributed by atoms with Gasteiger partial charge >= 0.3 is 0 Å². The summed E-state index contributed by atoms with van der Waals surface area (Å²) in [6.45, 7) is 4.55. The van der Waals surface area contributed by atoms with Gasteiger partial charge in [0.05, 0.1) is 6.54 Å². The third kappa shape index (κ3) is 3.71. The fraction of sp³-hybridized carbons (Fsp3) is 0.278. The van der Waals surface area contributed by atoms with Crippen LogP contribution in [0.25, 0.3) is 5.65 Å². The third-order valence-electron chi connectivity index (χ3n) is 3.74. The van der Waals surface area contributed by atoms with E-state index in [1.807, 2.05) is 53.1 Å². The summed E-state index contributed by atoms with van der Waals surface area (Å²) in [4.78, 5) is 11.9. The Bertz CT molecular complexity index is 824. The van der Waals surface area contributed by atoms with Crippen molar-refractivity contribution < 1.29 is 9.53 Å². The van der Waals surface area contributed by atoms with Gasteiger partial charge in [-0.2, -0.15) is 0 Å². The van der Waals surface area contributed by atoms with E-state index >= 15 is 0 Å². The van der Waals surface area contributed by atoms with Crippen molar-refractivity contribution in [3.05, 3.63) is 60.0 Å². The Balaban J connectivity index is 1.51. The van der Waals surface area contributed by atoms with Crippen LogP contribution in [0, 0.1) is 0 Å². The van der Waals surface area contributed by atoms with Crippen LogP contribution in [0.4, 0.5) is 0 Å². The predicted octanol–water partition coefficient (Wildman–Crippen LogP) is 2.55. The minimum Gasteiger partial charge on any atom is -0.484 e. The minimum absolute atomic E-state index is 0.0300. The molecule has 6 nitrogen and oxygen atoms in total. The van der Waals surface area contributed by atoms with Crippen LogP contribution in [0.3, 0.4) is 0 Å². The summed E-state index contributed by atoms with van der Waals surface area (Å²) in [6, 6.07) is 13.4. The second-order valence-electron chi connectivity index (χ2n) is 5.83. The van der Waals surface area contributed by atoms with Gasteiger partial charge in [-0.15, -0.1) is 10.2 Å². The van der Waals surface area contributed by atoms with Gasteiger partial charge in [-0.05, 0) is 35.7 Å². The topological polar surface area (TPSA) is 68.5 Å². The SMILES string of the molecule is CC(C)c1ccc(OCC(=O)NCc2nnc3ccccn23)cc1. The van der Waals surface area contributed by atoms with Crippen molar-refractivity contribution >= 4 is 11.6 Å². The van der Waals surface area contributed by atoms with Gasteiger partial charge < -0.3 is 10.1 Å². The average Bonchev–Trinajstić information content (AvgIpc) is 3.01. The molecule has 0 radical (unpaired) electrons. The molecule has 24 heavy (non-hydrogen) atoms. The molecule has 0 atom stereocenters. The Morgan fingerprint density at radius 1 is 1.17 bits per heavy atom. The van der Waals surface area contributed by atoms with E-state index in [0.717, 1.165) is 5.65 Å². The Labute approximate surface area is 140 Å². The number of benzene rings is 1. The maximum Gasteiger partial charge on any atom is 0.258 e. The summed E-state index contributed by atoms with van der Waals surface area (Å²) >= 11 is 0. The van der Waals surface area contributed by atoms with Gasteiger partial charge in [-0.25, -0.2) is 0 Å². The molecule has 0 saturated heterocycles. The lowest BCUT2D eigenvalue weighted by Crippen LogP contribution is -2.29. The number of nitrogens with zero attached hydrogens (tertiary/aromatic N) is 3. The average molecular weight is 324 g/mol. The predicted molar refractivity (Wildman–Crippen MR) is 90.9 cm³/mol. The Morgan fingerprint density at radius 3 is 2.71 bits per heavy atom. The highest BCUT2D eigenvalue weighted by Gasteiger charge is 2.08.